The van der Waals surface area contributed by atoms with Crippen LogP contribution in [-0.2, 0) is 10.1 Å². The molecule has 0 spiro atoms. The summed E-state index contributed by atoms with van der Waals surface area (Å²) in [5, 5.41) is 12.6. The molecule has 0 atom stereocenters. The van der Waals surface area contributed by atoms with Crippen molar-refractivity contribution in [2.75, 3.05) is 0 Å². The maximum Gasteiger partial charge on any atom is 0.339 e. The highest BCUT2D eigenvalue weighted by Crippen LogP contribution is 2.24. The smallest absolute Gasteiger partial charge is 0.339 e. The van der Waals surface area contributed by atoms with E-state index >= 15 is 0 Å². The second-order valence-electron chi connectivity index (χ2n) is 4.86. The second-order valence-corrected chi connectivity index (χ2v) is 6.41. The zero-order chi connectivity index (χ0) is 16.4. The maximum atomic E-state index is 12.3. The highest BCUT2D eigenvalue weighted by molar-refractivity contribution is 7.87. The Hall–Kier alpha value is -2.86. The van der Waals surface area contributed by atoms with Crippen LogP contribution < -0.4 is 9.29 Å². The molecule has 0 bridgehead atoms. The largest absolute Gasteiger partial charge is 0.545 e. The van der Waals surface area contributed by atoms with Gasteiger partial charge in [-0.25, -0.2) is 0 Å². The summed E-state index contributed by atoms with van der Waals surface area (Å²) in [4.78, 5) is 10.6. The van der Waals surface area contributed by atoms with E-state index in [4.69, 9.17) is 4.18 Å². The molecule has 0 aromatic heterocycles. The van der Waals surface area contributed by atoms with Crippen molar-refractivity contribution in [1.29, 1.82) is 0 Å². The quantitative estimate of drug-likeness (QED) is 0.684. The van der Waals surface area contributed by atoms with E-state index in [1.165, 1.54) is 18.2 Å². The number of aromatic carboxylic acids is 1. The van der Waals surface area contributed by atoms with Gasteiger partial charge in [-0.1, -0.05) is 42.5 Å². The topological polar surface area (TPSA) is 83.5 Å². The van der Waals surface area contributed by atoms with Gasteiger partial charge in [0.2, 0.25) is 0 Å². The highest BCUT2D eigenvalue weighted by atomic mass is 32.2. The molecule has 0 heterocycles. The van der Waals surface area contributed by atoms with Crippen molar-refractivity contribution < 1.29 is 22.5 Å². The van der Waals surface area contributed by atoms with Gasteiger partial charge >= 0.3 is 10.1 Å². The Labute approximate surface area is 132 Å². The van der Waals surface area contributed by atoms with Gasteiger partial charge in [0.15, 0.2) is 0 Å². The minimum Gasteiger partial charge on any atom is -0.545 e. The van der Waals surface area contributed by atoms with Gasteiger partial charge in [-0.15, -0.1) is 0 Å². The van der Waals surface area contributed by atoms with E-state index in [0.29, 0.717) is 0 Å². The van der Waals surface area contributed by atoms with Gasteiger partial charge < -0.3 is 14.1 Å². The molecular formula is C17H11O5S-. The molecule has 0 aliphatic heterocycles. The van der Waals surface area contributed by atoms with Gasteiger partial charge in [0.05, 0.1) is 5.97 Å². The summed E-state index contributed by atoms with van der Waals surface area (Å²) in [6.07, 6.45) is 0. The van der Waals surface area contributed by atoms with E-state index in [1.54, 1.807) is 18.2 Å². The molecule has 0 unspecified atom stereocenters. The van der Waals surface area contributed by atoms with E-state index in [2.05, 4.69) is 0 Å². The Morgan fingerprint density at radius 3 is 2.35 bits per heavy atom. The van der Waals surface area contributed by atoms with E-state index < -0.39 is 16.1 Å². The number of benzene rings is 3. The molecule has 0 aliphatic rings. The number of fused-ring (bicyclic) bond motifs is 1. The van der Waals surface area contributed by atoms with Crippen LogP contribution in [0.1, 0.15) is 10.4 Å². The van der Waals surface area contributed by atoms with E-state index in [9.17, 15) is 18.3 Å². The number of carboxylic acids is 1. The fourth-order valence-corrected chi connectivity index (χ4v) is 3.14. The molecule has 0 aliphatic carbocycles. The lowest BCUT2D eigenvalue weighted by Crippen LogP contribution is -2.22. The monoisotopic (exact) mass is 327 g/mol. The lowest BCUT2D eigenvalue weighted by Gasteiger charge is -2.09. The molecule has 0 radical (unpaired) electrons. The zero-order valence-corrected chi connectivity index (χ0v) is 12.6. The minimum absolute atomic E-state index is 0.155. The third-order valence-corrected chi connectivity index (χ3v) is 4.53. The molecule has 0 fully saturated rings. The van der Waals surface area contributed by atoms with Gasteiger partial charge in [0.1, 0.15) is 10.6 Å². The Morgan fingerprint density at radius 1 is 0.870 bits per heavy atom. The molecule has 5 nitrogen and oxygen atoms in total. The van der Waals surface area contributed by atoms with Crippen LogP contribution in [-0.4, -0.2) is 14.4 Å². The fourth-order valence-electron chi connectivity index (χ4n) is 2.17. The molecular weight excluding hydrogens is 316 g/mol. The first kappa shape index (κ1) is 15.1. The molecule has 0 N–H and O–H groups in total. The SMILES string of the molecule is O=C([O-])c1cccc(S(=O)(=O)Oc2ccc3ccccc3c2)c1. The summed E-state index contributed by atoms with van der Waals surface area (Å²) in [5.41, 5.74) is -0.229. The van der Waals surface area contributed by atoms with Crippen LogP contribution in [0.4, 0.5) is 0 Å². The van der Waals surface area contributed by atoms with Crippen molar-refractivity contribution in [2.45, 2.75) is 4.90 Å². The van der Waals surface area contributed by atoms with Gasteiger partial charge in [-0.05, 0) is 40.6 Å². The molecule has 0 saturated heterocycles. The summed E-state index contributed by atoms with van der Waals surface area (Å²) in [7, 11) is -4.13. The molecule has 116 valence electrons. The van der Waals surface area contributed by atoms with Crippen LogP contribution in [0.25, 0.3) is 10.8 Å². The van der Waals surface area contributed by atoms with E-state index in [-0.39, 0.29) is 16.2 Å². The van der Waals surface area contributed by atoms with Gasteiger partial charge in [0.25, 0.3) is 0 Å². The van der Waals surface area contributed by atoms with Gasteiger partial charge in [-0.2, -0.15) is 8.42 Å². The molecule has 3 rings (SSSR count). The van der Waals surface area contributed by atoms with Crippen LogP contribution in [0.3, 0.4) is 0 Å². The number of hydrogen-bond donors (Lipinski definition) is 0. The molecule has 23 heavy (non-hydrogen) atoms. The lowest BCUT2D eigenvalue weighted by molar-refractivity contribution is -0.255. The average molecular weight is 327 g/mol. The zero-order valence-electron chi connectivity index (χ0n) is 11.8. The number of carbonyl (C=O) groups excluding carboxylic acids is 1. The van der Waals surface area contributed by atoms with Gasteiger partial charge in [-0.3, -0.25) is 0 Å². The Morgan fingerprint density at radius 2 is 1.61 bits per heavy atom. The first-order valence-electron chi connectivity index (χ1n) is 6.70. The first-order chi connectivity index (χ1) is 11.0. The second kappa shape index (κ2) is 5.73. The standard InChI is InChI=1S/C17H12O5S/c18-17(19)14-6-3-7-16(11-14)23(20,21)22-15-9-8-12-4-1-2-5-13(12)10-15/h1-11H,(H,18,19)/p-1. The minimum atomic E-state index is -4.13. The number of carboxylic acid groups (broad SMARTS) is 1. The predicted octanol–water partition coefficient (Wildman–Crippen LogP) is 1.97. The van der Waals surface area contributed by atoms with Crippen molar-refractivity contribution in [3.8, 4) is 5.75 Å². The van der Waals surface area contributed by atoms with Crippen LogP contribution in [0.15, 0.2) is 71.6 Å². The summed E-state index contributed by atoms with van der Waals surface area (Å²) < 4.78 is 29.6. The van der Waals surface area contributed by atoms with Crippen molar-refractivity contribution in [3.63, 3.8) is 0 Å². The molecule has 3 aromatic carbocycles. The average Bonchev–Trinajstić information content (AvgIpc) is 2.54. The molecule has 0 saturated carbocycles. The maximum absolute atomic E-state index is 12.3. The lowest BCUT2D eigenvalue weighted by atomic mass is 10.1. The van der Waals surface area contributed by atoms with Crippen molar-refractivity contribution >= 4 is 26.9 Å². The molecule has 3 aromatic rings. The van der Waals surface area contributed by atoms with Crippen LogP contribution in [0, 0.1) is 0 Å². The van der Waals surface area contributed by atoms with E-state index in [1.807, 2.05) is 24.3 Å². The third-order valence-electron chi connectivity index (χ3n) is 3.29. The Kier molecular flexibility index (Phi) is 3.75. The third kappa shape index (κ3) is 3.17. The number of carbonyl (C=O) groups is 1. The summed E-state index contributed by atoms with van der Waals surface area (Å²) >= 11 is 0. The van der Waals surface area contributed by atoms with Crippen LogP contribution in [0.5, 0.6) is 5.75 Å². The highest BCUT2D eigenvalue weighted by Gasteiger charge is 2.17. The predicted molar refractivity (Wildman–Crippen MR) is 82.5 cm³/mol. The first-order valence-corrected chi connectivity index (χ1v) is 8.11. The van der Waals surface area contributed by atoms with Crippen LogP contribution >= 0.6 is 0 Å². The Bertz CT molecular complexity index is 993. The summed E-state index contributed by atoms with van der Waals surface area (Å²) in [5.74, 6) is -1.30. The number of rotatable bonds is 4. The molecule has 6 heteroatoms. The number of hydrogen-bond acceptors (Lipinski definition) is 5. The fraction of sp³-hybridized carbons (Fsp3) is 0. The van der Waals surface area contributed by atoms with Crippen molar-refractivity contribution in [2.24, 2.45) is 0 Å². The van der Waals surface area contributed by atoms with E-state index in [0.717, 1.165) is 16.8 Å². The van der Waals surface area contributed by atoms with Crippen molar-refractivity contribution in [3.05, 3.63) is 72.3 Å². The Balaban J connectivity index is 1.96. The van der Waals surface area contributed by atoms with Gasteiger partial charge in [0, 0.05) is 0 Å². The molecule has 0 amide bonds. The summed E-state index contributed by atoms with van der Waals surface area (Å²) in [6.45, 7) is 0. The van der Waals surface area contributed by atoms with Crippen LogP contribution in [0.2, 0.25) is 0 Å². The normalized spacial score (nSPS) is 11.3. The van der Waals surface area contributed by atoms with Crippen molar-refractivity contribution in [1.82, 2.24) is 0 Å². The summed E-state index contributed by atoms with van der Waals surface area (Å²) in [6, 6.07) is 17.2.